The summed E-state index contributed by atoms with van der Waals surface area (Å²) in [5.74, 6) is 1.34. The number of aromatic nitrogens is 6. The minimum absolute atomic E-state index is 0.0317. The van der Waals surface area contributed by atoms with Gasteiger partial charge in [0, 0.05) is 38.3 Å². The van der Waals surface area contributed by atoms with Crippen LogP contribution in [0.2, 0.25) is 0 Å². The summed E-state index contributed by atoms with van der Waals surface area (Å²) in [6, 6.07) is 7.36. The molecule has 0 aliphatic carbocycles. The molecule has 1 atom stereocenters. The highest BCUT2D eigenvalue weighted by atomic mass is 19.1. The number of rotatable bonds is 6. The second kappa shape index (κ2) is 9.11. The molecule has 0 radical (unpaired) electrons. The summed E-state index contributed by atoms with van der Waals surface area (Å²) in [4.78, 5) is 41.6. The van der Waals surface area contributed by atoms with Gasteiger partial charge in [0.2, 0.25) is 17.7 Å². The van der Waals surface area contributed by atoms with Crippen LogP contribution in [0.4, 0.5) is 21.8 Å². The monoisotopic (exact) mass is 489 g/mol. The number of hydrogen-bond acceptors (Lipinski definition) is 9. The van der Waals surface area contributed by atoms with Gasteiger partial charge >= 0.3 is 0 Å². The van der Waals surface area contributed by atoms with E-state index in [9.17, 15) is 9.18 Å². The number of nitrogens with one attached hydrogen (secondary N) is 2. The first-order valence-electron chi connectivity index (χ1n) is 11.7. The van der Waals surface area contributed by atoms with E-state index in [2.05, 4.69) is 40.1 Å². The predicted octanol–water partition coefficient (Wildman–Crippen LogP) is 2.71. The molecule has 6 heterocycles. The number of H-pyrrole nitrogens is 1. The molecule has 1 amide bonds. The van der Waals surface area contributed by atoms with Gasteiger partial charge in [-0.1, -0.05) is 0 Å². The summed E-state index contributed by atoms with van der Waals surface area (Å²) in [7, 11) is 1.55. The van der Waals surface area contributed by atoms with E-state index >= 15 is 0 Å². The van der Waals surface area contributed by atoms with Crippen molar-refractivity contribution < 1.29 is 13.9 Å². The fourth-order valence-electron chi connectivity index (χ4n) is 4.64. The number of amides is 1. The number of methoxy groups -OCH3 is 1. The predicted molar refractivity (Wildman–Crippen MR) is 131 cm³/mol. The number of fused-ring (bicyclic) bond motifs is 1. The van der Waals surface area contributed by atoms with Crippen LogP contribution >= 0.6 is 0 Å². The number of aromatic amines is 1. The van der Waals surface area contributed by atoms with Crippen LogP contribution in [0.25, 0.3) is 22.4 Å². The number of carbonyl (C=O) groups is 1. The van der Waals surface area contributed by atoms with Crippen molar-refractivity contribution in [1.82, 2.24) is 34.8 Å². The van der Waals surface area contributed by atoms with E-state index in [-0.39, 0.29) is 11.9 Å². The van der Waals surface area contributed by atoms with Gasteiger partial charge in [0.25, 0.3) is 0 Å². The van der Waals surface area contributed by atoms with E-state index < -0.39 is 6.17 Å². The molecule has 2 N–H and O–H groups in total. The fourth-order valence-corrected chi connectivity index (χ4v) is 4.64. The standard InChI is InChI=1S/C24H24FN9O2/c1-36-23-22-19(28-13-29-22)9-18(30-23)17-4-6-26-24(31-17)32-20-3-2-16(10-27-20)34-7-5-15(8-21(34)35)33-11-14(25)12-33/h2-4,6,9-10,13-15H,5,7-8,11-12H2,1H3,(H,28,29)(H,26,27,31,32). The zero-order chi connectivity index (χ0) is 24.6. The van der Waals surface area contributed by atoms with Crippen molar-refractivity contribution in [3.63, 3.8) is 0 Å². The van der Waals surface area contributed by atoms with E-state index in [4.69, 9.17) is 4.74 Å². The molecule has 4 aromatic rings. The lowest BCUT2D eigenvalue weighted by molar-refractivity contribution is -0.122. The van der Waals surface area contributed by atoms with Gasteiger partial charge in [-0.3, -0.25) is 9.69 Å². The zero-order valence-electron chi connectivity index (χ0n) is 19.6. The van der Waals surface area contributed by atoms with Gasteiger partial charge in [-0.2, -0.15) is 0 Å². The van der Waals surface area contributed by atoms with Crippen molar-refractivity contribution in [1.29, 1.82) is 0 Å². The molecule has 2 fully saturated rings. The van der Waals surface area contributed by atoms with E-state index in [1.807, 2.05) is 12.1 Å². The molecular formula is C24H24FN9O2. The van der Waals surface area contributed by atoms with Gasteiger partial charge in [0.1, 0.15) is 12.0 Å². The molecule has 12 heteroatoms. The SMILES string of the molecule is COc1nc(-c2ccnc(Nc3ccc(N4CCC(N5CC(F)C5)CC4=O)cn3)n2)cc2[nH]cnc12. The van der Waals surface area contributed by atoms with E-state index in [0.29, 0.717) is 60.6 Å². The Morgan fingerprint density at radius 2 is 2.03 bits per heavy atom. The third kappa shape index (κ3) is 4.19. The molecular weight excluding hydrogens is 465 g/mol. The zero-order valence-corrected chi connectivity index (χ0v) is 19.6. The Morgan fingerprint density at radius 3 is 2.78 bits per heavy atom. The minimum Gasteiger partial charge on any atom is -0.479 e. The average molecular weight is 490 g/mol. The van der Waals surface area contributed by atoms with Crippen molar-refractivity contribution in [3.05, 3.63) is 43.0 Å². The largest absolute Gasteiger partial charge is 0.479 e. The Bertz CT molecular complexity index is 1400. The van der Waals surface area contributed by atoms with Crippen LogP contribution in [-0.2, 0) is 4.79 Å². The van der Waals surface area contributed by atoms with Crippen molar-refractivity contribution in [2.24, 2.45) is 0 Å². The highest BCUT2D eigenvalue weighted by Gasteiger charge is 2.37. The summed E-state index contributed by atoms with van der Waals surface area (Å²) in [5.41, 5.74) is 3.38. The van der Waals surface area contributed by atoms with E-state index in [1.54, 1.807) is 42.9 Å². The Balaban J connectivity index is 1.15. The molecule has 2 aliphatic heterocycles. The molecule has 2 aliphatic rings. The second-order valence-corrected chi connectivity index (χ2v) is 8.85. The number of pyridine rings is 2. The summed E-state index contributed by atoms with van der Waals surface area (Å²) in [5, 5.41) is 3.10. The number of piperidine rings is 1. The number of carbonyl (C=O) groups excluding carboxylic acids is 1. The smallest absolute Gasteiger partial charge is 0.242 e. The van der Waals surface area contributed by atoms with Crippen LogP contribution in [0.5, 0.6) is 5.88 Å². The second-order valence-electron chi connectivity index (χ2n) is 8.85. The highest BCUT2D eigenvalue weighted by Crippen LogP contribution is 2.28. The molecule has 0 spiro atoms. The summed E-state index contributed by atoms with van der Waals surface area (Å²) >= 11 is 0. The third-order valence-electron chi connectivity index (χ3n) is 6.56. The molecule has 0 bridgehead atoms. The number of halogens is 1. The van der Waals surface area contributed by atoms with Gasteiger partial charge in [-0.25, -0.2) is 29.3 Å². The van der Waals surface area contributed by atoms with Gasteiger partial charge in [0.05, 0.1) is 42.2 Å². The lowest BCUT2D eigenvalue weighted by atomic mass is 9.98. The first-order valence-corrected chi connectivity index (χ1v) is 11.7. The molecule has 11 nitrogen and oxygen atoms in total. The molecule has 1 unspecified atom stereocenters. The average Bonchev–Trinajstić information content (AvgIpc) is 3.36. The molecule has 0 aromatic carbocycles. The van der Waals surface area contributed by atoms with Gasteiger partial charge in [-0.05, 0) is 30.7 Å². The number of likely N-dealkylation sites (tertiary alicyclic amines) is 1. The van der Waals surface area contributed by atoms with Crippen LogP contribution in [0.15, 0.2) is 43.0 Å². The summed E-state index contributed by atoms with van der Waals surface area (Å²) < 4.78 is 18.5. The first-order chi connectivity index (χ1) is 17.6. The Morgan fingerprint density at radius 1 is 1.14 bits per heavy atom. The molecule has 0 saturated carbocycles. The van der Waals surface area contributed by atoms with E-state index in [0.717, 1.165) is 17.6 Å². The lowest BCUT2D eigenvalue weighted by Gasteiger charge is -2.44. The van der Waals surface area contributed by atoms with Crippen LogP contribution in [0, 0.1) is 0 Å². The van der Waals surface area contributed by atoms with Gasteiger partial charge < -0.3 is 19.9 Å². The quantitative estimate of drug-likeness (QED) is 0.420. The van der Waals surface area contributed by atoms with Crippen molar-refractivity contribution in [2.45, 2.75) is 25.1 Å². The lowest BCUT2D eigenvalue weighted by Crippen LogP contribution is -2.57. The summed E-state index contributed by atoms with van der Waals surface area (Å²) in [6.45, 7) is 1.46. The van der Waals surface area contributed by atoms with Crippen LogP contribution in [-0.4, -0.2) is 79.7 Å². The number of imidazole rings is 1. The Labute approximate surface area is 205 Å². The van der Waals surface area contributed by atoms with Crippen LogP contribution in [0.1, 0.15) is 12.8 Å². The highest BCUT2D eigenvalue weighted by molar-refractivity contribution is 5.94. The molecule has 36 heavy (non-hydrogen) atoms. The molecule has 6 rings (SSSR count). The molecule has 184 valence electrons. The summed E-state index contributed by atoms with van der Waals surface area (Å²) in [6.07, 6.45) is 5.34. The maximum atomic E-state index is 13.2. The van der Waals surface area contributed by atoms with Gasteiger partial charge in [-0.15, -0.1) is 0 Å². The minimum atomic E-state index is -0.758. The normalized spacial score (nSPS) is 18.9. The van der Waals surface area contributed by atoms with Crippen LogP contribution in [0.3, 0.4) is 0 Å². The number of hydrogen-bond donors (Lipinski definition) is 2. The maximum absolute atomic E-state index is 13.2. The van der Waals surface area contributed by atoms with Crippen molar-refractivity contribution >= 4 is 34.4 Å². The first kappa shape index (κ1) is 22.3. The number of alkyl halides is 1. The Kier molecular flexibility index (Phi) is 5.64. The number of anilines is 3. The van der Waals surface area contributed by atoms with E-state index in [1.165, 1.54) is 0 Å². The topological polar surface area (TPSA) is 125 Å². The van der Waals surface area contributed by atoms with Crippen molar-refractivity contribution in [2.75, 3.05) is 37.0 Å². The van der Waals surface area contributed by atoms with Gasteiger partial charge in [0.15, 0.2) is 5.52 Å². The molecule has 4 aromatic heterocycles. The van der Waals surface area contributed by atoms with Crippen molar-refractivity contribution in [3.8, 4) is 17.3 Å². The van der Waals surface area contributed by atoms with Crippen LogP contribution < -0.4 is 15.0 Å². The Hall–Kier alpha value is -4.19. The fraction of sp³-hybridized carbons (Fsp3) is 0.333. The third-order valence-corrected chi connectivity index (χ3v) is 6.56. The number of ether oxygens (including phenoxy) is 1. The maximum Gasteiger partial charge on any atom is 0.242 e. The number of nitrogens with zero attached hydrogens (tertiary/aromatic N) is 7. The molecule has 2 saturated heterocycles.